The summed E-state index contributed by atoms with van der Waals surface area (Å²) >= 11 is 0. The SMILES string of the molecule is CC(=O)C(O)C(O)c1ccco1. The molecule has 2 N–H and O–H groups in total. The molecule has 0 aromatic carbocycles. The van der Waals surface area contributed by atoms with E-state index in [2.05, 4.69) is 0 Å². The van der Waals surface area contributed by atoms with Gasteiger partial charge >= 0.3 is 0 Å². The molecule has 66 valence electrons. The molecule has 0 aliphatic heterocycles. The van der Waals surface area contributed by atoms with Gasteiger partial charge in [0.15, 0.2) is 5.78 Å². The van der Waals surface area contributed by atoms with E-state index in [0.717, 1.165) is 0 Å². The monoisotopic (exact) mass is 170 g/mol. The fraction of sp³-hybridized carbons (Fsp3) is 0.375. The molecule has 0 spiro atoms. The normalized spacial score (nSPS) is 15.6. The first-order chi connectivity index (χ1) is 5.63. The Morgan fingerprint density at radius 1 is 1.58 bits per heavy atom. The van der Waals surface area contributed by atoms with Gasteiger partial charge in [-0.25, -0.2) is 0 Å². The Morgan fingerprint density at radius 3 is 2.67 bits per heavy atom. The summed E-state index contributed by atoms with van der Waals surface area (Å²) in [5, 5.41) is 18.4. The predicted octanol–water partition coefficient (Wildman–Crippen LogP) is 0.263. The Labute approximate surface area is 69.4 Å². The molecule has 2 atom stereocenters. The summed E-state index contributed by atoms with van der Waals surface area (Å²) in [5.41, 5.74) is 0. The largest absolute Gasteiger partial charge is 0.466 e. The van der Waals surface area contributed by atoms with Crippen LogP contribution in [0.1, 0.15) is 18.8 Å². The van der Waals surface area contributed by atoms with Crippen molar-refractivity contribution in [2.75, 3.05) is 0 Å². The second kappa shape index (κ2) is 3.51. The van der Waals surface area contributed by atoms with Gasteiger partial charge in [-0.05, 0) is 19.1 Å². The third-order valence-corrected chi connectivity index (χ3v) is 1.55. The molecule has 0 bridgehead atoms. The van der Waals surface area contributed by atoms with E-state index in [-0.39, 0.29) is 5.76 Å². The maximum Gasteiger partial charge on any atom is 0.161 e. The second-order valence-electron chi connectivity index (χ2n) is 2.52. The maximum absolute atomic E-state index is 10.6. The lowest BCUT2D eigenvalue weighted by Crippen LogP contribution is -2.25. The second-order valence-corrected chi connectivity index (χ2v) is 2.52. The molecule has 0 fully saturated rings. The molecule has 12 heavy (non-hydrogen) atoms. The molecular weight excluding hydrogens is 160 g/mol. The van der Waals surface area contributed by atoms with Crippen LogP contribution < -0.4 is 0 Å². The number of Topliss-reactive ketones (excluding diaryl/α,β-unsaturated/α-hetero) is 1. The molecule has 2 unspecified atom stereocenters. The van der Waals surface area contributed by atoms with Crippen molar-refractivity contribution in [3.63, 3.8) is 0 Å². The number of aliphatic hydroxyl groups is 2. The van der Waals surface area contributed by atoms with Crippen molar-refractivity contribution in [1.82, 2.24) is 0 Å². The van der Waals surface area contributed by atoms with Crippen LogP contribution in [0, 0.1) is 0 Å². The average Bonchev–Trinajstić information content (AvgIpc) is 2.53. The van der Waals surface area contributed by atoms with Crippen molar-refractivity contribution >= 4 is 5.78 Å². The Morgan fingerprint density at radius 2 is 2.25 bits per heavy atom. The van der Waals surface area contributed by atoms with E-state index in [4.69, 9.17) is 9.52 Å². The smallest absolute Gasteiger partial charge is 0.161 e. The minimum absolute atomic E-state index is 0.192. The summed E-state index contributed by atoms with van der Waals surface area (Å²) in [7, 11) is 0. The summed E-state index contributed by atoms with van der Waals surface area (Å²) in [6.07, 6.45) is -1.31. The lowest BCUT2D eigenvalue weighted by Gasteiger charge is -2.11. The van der Waals surface area contributed by atoms with Crippen LogP contribution >= 0.6 is 0 Å². The number of aliphatic hydroxyl groups excluding tert-OH is 2. The van der Waals surface area contributed by atoms with Gasteiger partial charge in [-0.15, -0.1) is 0 Å². The zero-order valence-electron chi connectivity index (χ0n) is 6.60. The number of ketones is 1. The van der Waals surface area contributed by atoms with Gasteiger partial charge in [-0.2, -0.15) is 0 Å². The van der Waals surface area contributed by atoms with E-state index in [9.17, 15) is 9.90 Å². The molecule has 0 amide bonds. The topological polar surface area (TPSA) is 70.7 Å². The molecule has 0 aliphatic carbocycles. The Balaban J connectivity index is 2.71. The minimum atomic E-state index is -1.41. The lowest BCUT2D eigenvalue weighted by molar-refractivity contribution is -0.131. The molecule has 0 saturated carbocycles. The number of hydrogen-bond donors (Lipinski definition) is 2. The van der Waals surface area contributed by atoms with Crippen LogP contribution in [0.2, 0.25) is 0 Å². The van der Waals surface area contributed by atoms with Crippen LogP contribution in [0.5, 0.6) is 0 Å². The van der Waals surface area contributed by atoms with E-state index in [1.807, 2.05) is 0 Å². The zero-order valence-corrected chi connectivity index (χ0v) is 6.60. The van der Waals surface area contributed by atoms with Crippen LogP contribution in [0.15, 0.2) is 22.8 Å². The van der Waals surface area contributed by atoms with E-state index in [1.54, 1.807) is 6.07 Å². The lowest BCUT2D eigenvalue weighted by atomic mass is 10.1. The molecule has 0 aliphatic rings. The van der Waals surface area contributed by atoms with Crippen molar-refractivity contribution in [3.05, 3.63) is 24.2 Å². The summed E-state index contributed by atoms with van der Waals surface area (Å²) in [4.78, 5) is 10.6. The van der Waals surface area contributed by atoms with Crippen molar-refractivity contribution in [2.45, 2.75) is 19.1 Å². The molecule has 1 aromatic rings. The number of carbonyl (C=O) groups excluding carboxylic acids is 1. The van der Waals surface area contributed by atoms with Crippen LogP contribution in [-0.2, 0) is 4.79 Å². The third kappa shape index (κ3) is 1.72. The van der Waals surface area contributed by atoms with E-state index >= 15 is 0 Å². The van der Waals surface area contributed by atoms with Gasteiger partial charge in [0.25, 0.3) is 0 Å². The standard InChI is InChI=1S/C8H10O4/c1-5(9)7(10)8(11)6-3-2-4-12-6/h2-4,7-8,10-11H,1H3. The minimum Gasteiger partial charge on any atom is -0.466 e. The first kappa shape index (κ1) is 8.96. The number of furan rings is 1. The fourth-order valence-corrected chi connectivity index (χ4v) is 0.837. The average molecular weight is 170 g/mol. The van der Waals surface area contributed by atoms with Gasteiger partial charge in [0.2, 0.25) is 0 Å². The molecule has 1 heterocycles. The highest BCUT2D eigenvalue weighted by molar-refractivity contribution is 5.80. The first-order valence-electron chi connectivity index (χ1n) is 3.53. The van der Waals surface area contributed by atoms with Gasteiger partial charge in [0, 0.05) is 0 Å². The van der Waals surface area contributed by atoms with Gasteiger partial charge in [-0.1, -0.05) is 0 Å². The number of hydrogen-bond acceptors (Lipinski definition) is 4. The van der Waals surface area contributed by atoms with E-state index < -0.39 is 18.0 Å². The fourth-order valence-electron chi connectivity index (χ4n) is 0.837. The van der Waals surface area contributed by atoms with Crippen LogP contribution in [-0.4, -0.2) is 22.1 Å². The predicted molar refractivity (Wildman–Crippen MR) is 40.4 cm³/mol. The van der Waals surface area contributed by atoms with Crippen molar-refractivity contribution < 1.29 is 19.4 Å². The highest BCUT2D eigenvalue weighted by atomic mass is 16.4. The maximum atomic E-state index is 10.6. The quantitative estimate of drug-likeness (QED) is 0.682. The molecule has 4 nitrogen and oxygen atoms in total. The Kier molecular flexibility index (Phi) is 2.62. The van der Waals surface area contributed by atoms with E-state index in [1.165, 1.54) is 19.3 Å². The highest BCUT2D eigenvalue weighted by Crippen LogP contribution is 2.17. The molecular formula is C8H10O4. The van der Waals surface area contributed by atoms with Crippen molar-refractivity contribution in [2.24, 2.45) is 0 Å². The van der Waals surface area contributed by atoms with Crippen LogP contribution in [0.25, 0.3) is 0 Å². The number of carbonyl (C=O) groups is 1. The van der Waals surface area contributed by atoms with E-state index in [0.29, 0.717) is 0 Å². The zero-order chi connectivity index (χ0) is 9.14. The van der Waals surface area contributed by atoms with Crippen LogP contribution in [0.4, 0.5) is 0 Å². The van der Waals surface area contributed by atoms with Crippen molar-refractivity contribution in [3.8, 4) is 0 Å². The highest BCUT2D eigenvalue weighted by Gasteiger charge is 2.24. The van der Waals surface area contributed by atoms with Gasteiger partial charge in [0.1, 0.15) is 18.0 Å². The van der Waals surface area contributed by atoms with Gasteiger partial charge in [0.05, 0.1) is 6.26 Å². The molecule has 0 radical (unpaired) electrons. The summed E-state index contributed by atoms with van der Waals surface area (Å²) in [6.45, 7) is 1.21. The molecule has 1 rings (SSSR count). The molecule has 1 aromatic heterocycles. The third-order valence-electron chi connectivity index (χ3n) is 1.55. The Bertz CT molecular complexity index is 252. The number of rotatable bonds is 3. The van der Waals surface area contributed by atoms with Crippen molar-refractivity contribution in [1.29, 1.82) is 0 Å². The summed E-state index contributed by atoms with van der Waals surface area (Å²) in [6, 6.07) is 3.07. The molecule has 0 saturated heterocycles. The Hall–Kier alpha value is -1.13. The van der Waals surface area contributed by atoms with Crippen LogP contribution in [0.3, 0.4) is 0 Å². The summed E-state index contributed by atoms with van der Waals surface area (Å²) in [5.74, 6) is -0.295. The van der Waals surface area contributed by atoms with Gasteiger partial charge < -0.3 is 14.6 Å². The first-order valence-corrected chi connectivity index (χ1v) is 3.53. The summed E-state index contributed by atoms with van der Waals surface area (Å²) < 4.78 is 4.80. The van der Waals surface area contributed by atoms with Gasteiger partial charge in [-0.3, -0.25) is 4.79 Å². The molecule has 4 heteroatoms.